The Balaban J connectivity index is 2.43. The Hall–Kier alpha value is -1.54. The summed E-state index contributed by atoms with van der Waals surface area (Å²) in [4.78, 5) is 4.07. The fraction of sp³-hybridized carbons (Fsp3) is 0.267. The van der Waals surface area contributed by atoms with Gasteiger partial charge in [0.15, 0.2) is 0 Å². The molecule has 18 heavy (non-hydrogen) atoms. The minimum absolute atomic E-state index is 0.149. The molecule has 0 aliphatic heterocycles. The molecule has 0 aliphatic carbocycles. The first-order chi connectivity index (χ1) is 8.38. The lowest BCUT2D eigenvalue weighted by molar-refractivity contribution is 0.590. The molecule has 2 rings (SSSR count). The van der Waals surface area contributed by atoms with Crippen molar-refractivity contribution in [3.8, 4) is 11.1 Å². The Bertz CT molecular complexity index is 554. The topological polar surface area (TPSA) is 38.9 Å². The van der Waals surface area contributed by atoms with Crippen molar-refractivity contribution in [3.05, 3.63) is 47.1 Å². The van der Waals surface area contributed by atoms with E-state index in [1.807, 2.05) is 6.07 Å². The third kappa shape index (κ3) is 2.65. The van der Waals surface area contributed by atoms with Gasteiger partial charge < -0.3 is 5.73 Å². The van der Waals surface area contributed by atoms with Crippen LogP contribution in [0.25, 0.3) is 11.1 Å². The van der Waals surface area contributed by atoms with E-state index >= 15 is 0 Å². The Morgan fingerprint density at radius 2 is 1.72 bits per heavy atom. The van der Waals surface area contributed by atoms with E-state index in [9.17, 15) is 0 Å². The Labute approximate surface area is 113 Å². The number of nitrogens with two attached hydrogens (primary N) is 1. The van der Waals surface area contributed by atoms with Crippen LogP contribution in [0, 0.1) is 0 Å². The first-order valence-corrected chi connectivity index (χ1v) is 6.27. The number of pyridine rings is 1. The zero-order chi connectivity index (χ0) is 13.3. The van der Waals surface area contributed by atoms with Crippen LogP contribution in [0.5, 0.6) is 0 Å². The summed E-state index contributed by atoms with van der Waals surface area (Å²) in [6, 6.07) is 10.2. The van der Waals surface area contributed by atoms with Gasteiger partial charge in [0.05, 0.1) is 5.02 Å². The van der Waals surface area contributed by atoms with Crippen LogP contribution in [0.3, 0.4) is 0 Å². The van der Waals surface area contributed by atoms with Gasteiger partial charge in [0, 0.05) is 11.8 Å². The molecule has 0 unspecified atom stereocenters. The van der Waals surface area contributed by atoms with Gasteiger partial charge in [0.1, 0.15) is 5.82 Å². The van der Waals surface area contributed by atoms with Gasteiger partial charge >= 0.3 is 0 Å². The first kappa shape index (κ1) is 12.9. The van der Waals surface area contributed by atoms with Gasteiger partial charge in [-0.3, -0.25) is 0 Å². The first-order valence-electron chi connectivity index (χ1n) is 5.90. The van der Waals surface area contributed by atoms with Crippen molar-refractivity contribution in [1.82, 2.24) is 4.98 Å². The molecule has 0 atom stereocenters. The van der Waals surface area contributed by atoms with E-state index in [2.05, 4.69) is 50.0 Å². The second-order valence-corrected chi connectivity index (χ2v) is 5.85. The van der Waals surface area contributed by atoms with Crippen molar-refractivity contribution in [2.75, 3.05) is 5.73 Å². The van der Waals surface area contributed by atoms with Gasteiger partial charge in [0.2, 0.25) is 0 Å². The summed E-state index contributed by atoms with van der Waals surface area (Å²) in [6.45, 7) is 6.58. The summed E-state index contributed by atoms with van der Waals surface area (Å²) in [5.41, 5.74) is 9.23. The van der Waals surface area contributed by atoms with Crippen LogP contribution in [0.4, 0.5) is 5.82 Å². The molecule has 3 heteroatoms. The predicted molar refractivity (Wildman–Crippen MR) is 77.8 cm³/mol. The van der Waals surface area contributed by atoms with Gasteiger partial charge in [-0.05, 0) is 22.6 Å². The van der Waals surface area contributed by atoms with Crippen LogP contribution in [0.2, 0.25) is 5.02 Å². The molecule has 2 nitrogen and oxygen atoms in total. The fourth-order valence-electron chi connectivity index (χ4n) is 1.83. The Morgan fingerprint density at radius 1 is 1.11 bits per heavy atom. The molecule has 2 aromatic rings. The lowest BCUT2D eigenvalue weighted by atomic mass is 9.86. The van der Waals surface area contributed by atoms with Crippen molar-refractivity contribution in [2.45, 2.75) is 26.2 Å². The Morgan fingerprint density at radius 3 is 2.28 bits per heavy atom. The minimum atomic E-state index is 0.149. The van der Waals surface area contributed by atoms with E-state index in [1.54, 1.807) is 6.20 Å². The third-order valence-corrected chi connectivity index (χ3v) is 3.15. The summed E-state index contributed by atoms with van der Waals surface area (Å²) < 4.78 is 0. The fourth-order valence-corrected chi connectivity index (χ4v) is 1.99. The zero-order valence-electron chi connectivity index (χ0n) is 10.9. The molecule has 2 N–H and O–H groups in total. The van der Waals surface area contributed by atoms with E-state index in [1.165, 1.54) is 5.56 Å². The van der Waals surface area contributed by atoms with Gasteiger partial charge in [-0.15, -0.1) is 0 Å². The highest BCUT2D eigenvalue weighted by Gasteiger charge is 2.13. The highest BCUT2D eigenvalue weighted by molar-refractivity contribution is 6.30. The van der Waals surface area contributed by atoms with Crippen molar-refractivity contribution in [2.24, 2.45) is 0 Å². The molecule has 0 aliphatic rings. The highest BCUT2D eigenvalue weighted by Crippen LogP contribution is 2.29. The van der Waals surface area contributed by atoms with E-state index in [0.717, 1.165) is 11.1 Å². The van der Waals surface area contributed by atoms with Crippen LogP contribution < -0.4 is 5.73 Å². The van der Waals surface area contributed by atoms with Crippen molar-refractivity contribution >= 4 is 17.4 Å². The van der Waals surface area contributed by atoms with E-state index in [4.69, 9.17) is 17.3 Å². The normalized spacial score (nSPS) is 11.6. The molecule has 0 saturated heterocycles. The average Bonchev–Trinajstić information content (AvgIpc) is 2.31. The molecule has 94 valence electrons. The molecule has 0 spiro atoms. The monoisotopic (exact) mass is 260 g/mol. The maximum Gasteiger partial charge on any atom is 0.131 e. The third-order valence-electron chi connectivity index (χ3n) is 2.95. The van der Waals surface area contributed by atoms with Gasteiger partial charge in [-0.1, -0.05) is 56.6 Å². The molecular weight excluding hydrogens is 244 g/mol. The van der Waals surface area contributed by atoms with Gasteiger partial charge in [-0.2, -0.15) is 0 Å². The largest absolute Gasteiger partial charge is 0.383 e. The summed E-state index contributed by atoms with van der Waals surface area (Å²) in [7, 11) is 0. The highest BCUT2D eigenvalue weighted by atomic mass is 35.5. The molecule has 0 bridgehead atoms. The van der Waals surface area contributed by atoms with Crippen molar-refractivity contribution < 1.29 is 0 Å². The summed E-state index contributed by atoms with van der Waals surface area (Å²) >= 11 is 5.95. The van der Waals surface area contributed by atoms with E-state index in [-0.39, 0.29) is 5.41 Å². The molecular formula is C15H17ClN2. The standard InChI is InChI=1S/C15H17ClN2/c1-15(2,3)11-6-4-10(5-7-11)13-8-12(16)9-18-14(13)17/h4-9H,1-3H3,(H2,17,18). The predicted octanol–water partition coefficient (Wildman–Crippen LogP) is 4.28. The lowest BCUT2D eigenvalue weighted by Crippen LogP contribution is -2.10. The van der Waals surface area contributed by atoms with Crippen LogP contribution in [-0.2, 0) is 5.41 Å². The SMILES string of the molecule is CC(C)(C)c1ccc(-c2cc(Cl)cnc2N)cc1. The number of hydrogen-bond acceptors (Lipinski definition) is 2. The second-order valence-electron chi connectivity index (χ2n) is 5.41. The van der Waals surface area contributed by atoms with Crippen LogP contribution >= 0.6 is 11.6 Å². The van der Waals surface area contributed by atoms with Gasteiger partial charge in [-0.25, -0.2) is 4.98 Å². The number of aromatic nitrogens is 1. The number of nitrogens with zero attached hydrogens (tertiary/aromatic N) is 1. The van der Waals surface area contributed by atoms with Gasteiger partial charge in [0.25, 0.3) is 0 Å². The number of rotatable bonds is 1. The molecule has 1 heterocycles. The zero-order valence-corrected chi connectivity index (χ0v) is 11.6. The molecule has 0 amide bonds. The van der Waals surface area contributed by atoms with E-state index < -0.39 is 0 Å². The van der Waals surface area contributed by atoms with Crippen LogP contribution in [-0.4, -0.2) is 4.98 Å². The maximum atomic E-state index is 5.95. The van der Waals surface area contributed by atoms with Crippen LogP contribution in [0.1, 0.15) is 26.3 Å². The smallest absolute Gasteiger partial charge is 0.131 e. The number of nitrogen functional groups attached to an aromatic ring is 1. The molecule has 1 aromatic heterocycles. The van der Waals surface area contributed by atoms with Crippen LogP contribution in [0.15, 0.2) is 36.5 Å². The summed E-state index contributed by atoms with van der Waals surface area (Å²) in [5.74, 6) is 0.503. The Kier molecular flexibility index (Phi) is 3.31. The minimum Gasteiger partial charge on any atom is -0.383 e. The quantitative estimate of drug-likeness (QED) is 0.831. The van der Waals surface area contributed by atoms with Crippen molar-refractivity contribution in [1.29, 1.82) is 0 Å². The number of anilines is 1. The summed E-state index contributed by atoms with van der Waals surface area (Å²) in [5, 5.41) is 0.596. The average molecular weight is 261 g/mol. The number of halogens is 1. The molecule has 0 radical (unpaired) electrons. The number of benzene rings is 1. The molecule has 1 aromatic carbocycles. The van der Waals surface area contributed by atoms with E-state index in [0.29, 0.717) is 10.8 Å². The molecule has 0 fully saturated rings. The van der Waals surface area contributed by atoms with Crippen molar-refractivity contribution in [3.63, 3.8) is 0 Å². The molecule has 0 saturated carbocycles. The second kappa shape index (κ2) is 4.62. The lowest BCUT2D eigenvalue weighted by Gasteiger charge is -2.19. The summed E-state index contributed by atoms with van der Waals surface area (Å²) in [6.07, 6.45) is 1.56. The maximum absolute atomic E-state index is 5.95. The number of hydrogen-bond donors (Lipinski definition) is 1.